The molecule has 1 aliphatic carbocycles. The standard InChI is InChI=1S/C36H40N10O3/c1-36(2,3)30-21-39-32(49-30)23-48-33-26(16-37)19-40-34(44-33)43-28-11-13-29(14-12-28)46(35(47)41-17-24-8-6-5-7-9-24)31-15-10-25(18-38-31)27-20-42-45(4)22-27/h5-10,15,18-22,28-29H,11-14,17,23H2,1-4H3,(H,41,47)(H,40,43,44). The normalized spacial score (nSPS) is 16.1. The topological polar surface area (TPSA) is 160 Å². The molecule has 1 fully saturated rings. The van der Waals surface area contributed by atoms with Crippen molar-refractivity contribution in [2.45, 2.75) is 77.1 Å². The van der Waals surface area contributed by atoms with Crippen LogP contribution in [0.3, 0.4) is 0 Å². The summed E-state index contributed by atoms with van der Waals surface area (Å²) in [4.78, 5) is 33.4. The molecule has 5 aromatic rings. The number of nitrogens with zero attached hydrogens (tertiary/aromatic N) is 8. The molecule has 2 amide bonds. The Labute approximate surface area is 285 Å². The molecule has 1 saturated carbocycles. The third-order valence-electron chi connectivity index (χ3n) is 8.43. The van der Waals surface area contributed by atoms with Crippen LogP contribution in [0.1, 0.15) is 69.2 Å². The lowest BCUT2D eigenvalue weighted by Gasteiger charge is -2.36. The average molecular weight is 661 g/mol. The molecule has 0 bridgehead atoms. The molecule has 4 heterocycles. The van der Waals surface area contributed by atoms with Gasteiger partial charge >= 0.3 is 6.03 Å². The fourth-order valence-corrected chi connectivity index (χ4v) is 5.72. The number of pyridine rings is 1. The highest BCUT2D eigenvalue weighted by atomic mass is 16.5. The number of benzene rings is 1. The van der Waals surface area contributed by atoms with Gasteiger partial charge in [0.25, 0.3) is 0 Å². The van der Waals surface area contributed by atoms with Gasteiger partial charge in [-0.3, -0.25) is 9.58 Å². The number of carbonyl (C=O) groups excluding carboxylic acids is 1. The van der Waals surface area contributed by atoms with Crippen LogP contribution in [0.4, 0.5) is 16.6 Å². The maximum atomic E-state index is 13.7. The summed E-state index contributed by atoms with van der Waals surface area (Å²) in [6, 6.07) is 15.6. The molecule has 0 atom stereocenters. The highest BCUT2D eigenvalue weighted by molar-refractivity contribution is 5.91. The van der Waals surface area contributed by atoms with Crippen LogP contribution >= 0.6 is 0 Å². The van der Waals surface area contributed by atoms with Gasteiger partial charge in [0.1, 0.15) is 23.2 Å². The van der Waals surface area contributed by atoms with Crippen LogP contribution in [0.2, 0.25) is 0 Å². The third kappa shape index (κ3) is 8.21. The molecule has 13 heteroatoms. The maximum Gasteiger partial charge on any atom is 0.323 e. The number of anilines is 2. The van der Waals surface area contributed by atoms with Crippen molar-refractivity contribution < 1.29 is 13.9 Å². The first-order valence-electron chi connectivity index (χ1n) is 16.3. The second-order valence-corrected chi connectivity index (χ2v) is 13.2. The average Bonchev–Trinajstić information content (AvgIpc) is 3.78. The number of oxazole rings is 1. The molecule has 1 aliphatic rings. The predicted octanol–water partition coefficient (Wildman–Crippen LogP) is 6.15. The summed E-state index contributed by atoms with van der Waals surface area (Å²) in [6.07, 6.45) is 11.7. The summed E-state index contributed by atoms with van der Waals surface area (Å²) in [7, 11) is 1.87. The van der Waals surface area contributed by atoms with Crippen LogP contribution in [-0.2, 0) is 25.6 Å². The summed E-state index contributed by atoms with van der Waals surface area (Å²) in [6.45, 7) is 6.57. The first kappa shape index (κ1) is 33.1. The largest absolute Gasteiger partial charge is 0.467 e. The fourth-order valence-electron chi connectivity index (χ4n) is 5.72. The molecule has 0 unspecified atom stereocenters. The van der Waals surface area contributed by atoms with E-state index < -0.39 is 0 Å². The van der Waals surface area contributed by atoms with Crippen molar-refractivity contribution in [3.8, 4) is 23.1 Å². The molecule has 0 aliphatic heterocycles. The monoisotopic (exact) mass is 660 g/mol. The number of aromatic nitrogens is 6. The number of nitriles is 1. The molecule has 13 nitrogen and oxygen atoms in total. The SMILES string of the molecule is Cn1cc(-c2ccc(N(C(=O)NCc3ccccc3)C3CCC(Nc4ncc(C#N)c(OCc5ncc(C(C)(C)C)o5)n4)CC3)nc2)cn1. The summed E-state index contributed by atoms with van der Waals surface area (Å²) in [5.41, 5.74) is 2.94. The molecular formula is C36H40N10O3. The van der Waals surface area contributed by atoms with E-state index in [-0.39, 0.29) is 41.6 Å². The Morgan fingerprint density at radius 1 is 1.02 bits per heavy atom. The number of ether oxygens (including phenoxy) is 1. The number of hydrogen-bond acceptors (Lipinski definition) is 10. The highest BCUT2D eigenvalue weighted by Crippen LogP contribution is 2.30. The second-order valence-electron chi connectivity index (χ2n) is 13.2. The minimum absolute atomic E-state index is 0.0335. The Balaban J connectivity index is 1.12. The van der Waals surface area contributed by atoms with Gasteiger partial charge in [0.05, 0.1) is 18.6 Å². The number of nitrogens with one attached hydrogen (secondary N) is 2. The lowest BCUT2D eigenvalue weighted by molar-refractivity contribution is 0.240. The van der Waals surface area contributed by atoms with Gasteiger partial charge in [-0.2, -0.15) is 15.3 Å². The van der Waals surface area contributed by atoms with Gasteiger partial charge in [0.2, 0.25) is 17.7 Å². The Hall–Kier alpha value is -5.77. The number of rotatable bonds is 10. The molecule has 0 spiro atoms. The first-order chi connectivity index (χ1) is 23.7. The summed E-state index contributed by atoms with van der Waals surface area (Å²) < 4.78 is 13.4. The van der Waals surface area contributed by atoms with E-state index in [2.05, 4.69) is 36.8 Å². The van der Waals surface area contributed by atoms with Gasteiger partial charge < -0.3 is 19.8 Å². The van der Waals surface area contributed by atoms with Gasteiger partial charge in [0.15, 0.2) is 6.61 Å². The number of urea groups is 1. The van der Waals surface area contributed by atoms with E-state index >= 15 is 0 Å². The molecule has 49 heavy (non-hydrogen) atoms. The Morgan fingerprint density at radius 3 is 2.47 bits per heavy atom. The van der Waals surface area contributed by atoms with Crippen LogP contribution in [0.5, 0.6) is 5.88 Å². The van der Waals surface area contributed by atoms with Crippen LogP contribution in [-0.4, -0.2) is 47.8 Å². The lowest BCUT2D eigenvalue weighted by atomic mass is 9.90. The van der Waals surface area contributed by atoms with Crippen molar-refractivity contribution >= 4 is 17.8 Å². The molecule has 1 aromatic carbocycles. The molecule has 252 valence electrons. The minimum Gasteiger partial charge on any atom is -0.467 e. The van der Waals surface area contributed by atoms with E-state index in [1.807, 2.05) is 76.5 Å². The zero-order valence-corrected chi connectivity index (χ0v) is 28.1. The number of hydrogen-bond donors (Lipinski definition) is 2. The third-order valence-corrected chi connectivity index (χ3v) is 8.43. The van der Waals surface area contributed by atoms with Crippen LogP contribution < -0.4 is 20.3 Å². The van der Waals surface area contributed by atoms with Gasteiger partial charge in [-0.1, -0.05) is 51.1 Å². The molecular weight excluding hydrogens is 620 g/mol. The van der Waals surface area contributed by atoms with Gasteiger partial charge in [-0.25, -0.2) is 19.7 Å². The second kappa shape index (κ2) is 14.6. The van der Waals surface area contributed by atoms with E-state index in [1.54, 1.807) is 28.2 Å². The molecule has 2 N–H and O–H groups in total. The number of amides is 2. The van der Waals surface area contributed by atoms with Gasteiger partial charge in [-0.15, -0.1) is 0 Å². The van der Waals surface area contributed by atoms with Crippen molar-refractivity contribution in [3.63, 3.8) is 0 Å². The Morgan fingerprint density at radius 2 is 1.82 bits per heavy atom. The van der Waals surface area contributed by atoms with Crippen LogP contribution in [0.15, 0.2) is 77.9 Å². The molecule has 6 rings (SSSR count). The highest BCUT2D eigenvalue weighted by Gasteiger charge is 2.31. The first-order valence-corrected chi connectivity index (χ1v) is 16.3. The van der Waals surface area contributed by atoms with Crippen LogP contribution in [0, 0.1) is 11.3 Å². The zero-order chi connectivity index (χ0) is 34.4. The number of aryl methyl sites for hydroxylation is 1. The maximum absolute atomic E-state index is 13.7. The van der Waals surface area contributed by atoms with Crippen molar-refractivity contribution in [1.29, 1.82) is 5.26 Å². The van der Waals surface area contributed by atoms with Gasteiger partial charge in [-0.05, 0) is 43.4 Å². The summed E-state index contributed by atoms with van der Waals surface area (Å²) in [5.74, 6) is 2.26. The summed E-state index contributed by atoms with van der Waals surface area (Å²) >= 11 is 0. The van der Waals surface area contributed by atoms with E-state index in [0.29, 0.717) is 24.2 Å². The molecule has 4 aromatic heterocycles. The van der Waals surface area contributed by atoms with E-state index in [4.69, 9.17) is 14.1 Å². The van der Waals surface area contributed by atoms with E-state index in [0.717, 1.165) is 48.1 Å². The van der Waals surface area contributed by atoms with Crippen molar-refractivity contribution in [2.24, 2.45) is 7.05 Å². The van der Waals surface area contributed by atoms with Crippen LogP contribution in [0.25, 0.3) is 11.1 Å². The molecule has 0 radical (unpaired) electrons. The van der Waals surface area contributed by atoms with Gasteiger partial charge in [0, 0.05) is 54.6 Å². The van der Waals surface area contributed by atoms with E-state index in [9.17, 15) is 10.1 Å². The minimum atomic E-state index is -0.195. The predicted molar refractivity (Wildman–Crippen MR) is 184 cm³/mol. The Bertz CT molecular complexity index is 1900. The quantitative estimate of drug-likeness (QED) is 0.178. The van der Waals surface area contributed by atoms with E-state index in [1.165, 1.54) is 6.20 Å². The summed E-state index contributed by atoms with van der Waals surface area (Å²) in [5, 5.41) is 20.4. The fraction of sp³-hybridized carbons (Fsp3) is 0.361. The van der Waals surface area contributed by atoms with Crippen molar-refractivity contribution in [2.75, 3.05) is 10.2 Å². The smallest absolute Gasteiger partial charge is 0.323 e. The number of carbonyl (C=O) groups is 1. The Kier molecular flexibility index (Phi) is 9.84. The zero-order valence-electron chi connectivity index (χ0n) is 28.1. The van der Waals surface area contributed by atoms with Crippen molar-refractivity contribution in [1.82, 2.24) is 35.0 Å². The van der Waals surface area contributed by atoms with Crippen molar-refractivity contribution in [3.05, 3.63) is 96.2 Å². The molecule has 0 saturated heterocycles. The lowest BCUT2D eigenvalue weighted by Crippen LogP contribution is -2.49.